The lowest BCUT2D eigenvalue weighted by atomic mass is 9.87. The molecule has 0 bridgehead atoms. The minimum Gasteiger partial charge on any atom is -0.379 e. The minimum atomic E-state index is -1.40. The van der Waals surface area contributed by atoms with E-state index in [1.807, 2.05) is 0 Å². The standard InChI is InChI=1S/C15H15FN6O/c1-12(6-21-10-17-8-19-21)15(23,7-22-11-18-9-20-22)13-2-4-14(16)5-3-13/h2-6,8-11,23H,7H2,1H3. The zero-order valence-corrected chi connectivity index (χ0v) is 12.4. The lowest BCUT2D eigenvalue weighted by molar-refractivity contribution is 0.0535. The van der Waals surface area contributed by atoms with Crippen LogP contribution in [-0.2, 0) is 12.1 Å². The normalized spacial score (nSPS) is 14.7. The van der Waals surface area contributed by atoms with Crippen molar-refractivity contribution in [2.24, 2.45) is 0 Å². The summed E-state index contributed by atoms with van der Waals surface area (Å²) in [6.45, 7) is 1.90. The molecular weight excluding hydrogens is 299 g/mol. The highest BCUT2D eigenvalue weighted by Gasteiger charge is 2.32. The van der Waals surface area contributed by atoms with Crippen molar-refractivity contribution in [2.75, 3.05) is 0 Å². The Kier molecular flexibility index (Phi) is 3.98. The molecular formula is C15H15FN6O. The van der Waals surface area contributed by atoms with Crippen LogP contribution in [0.5, 0.6) is 0 Å². The number of nitrogens with zero attached hydrogens (tertiary/aromatic N) is 6. The molecule has 0 aliphatic heterocycles. The fourth-order valence-corrected chi connectivity index (χ4v) is 2.31. The fourth-order valence-electron chi connectivity index (χ4n) is 2.31. The topological polar surface area (TPSA) is 81.6 Å². The average molecular weight is 314 g/mol. The van der Waals surface area contributed by atoms with Crippen molar-refractivity contribution in [3.05, 3.63) is 66.5 Å². The van der Waals surface area contributed by atoms with Gasteiger partial charge >= 0.3 is 0 Å². The predicted molar refractivity (Wildman–Crippen MR) is 80.3 cm³/mol. The van der Waals surface area contributed by atoms with E-state index in [4.69, 9.17) is 0 Å². The number of rotatable bonds is 5. The fraction of sp³-hybridized carbons (Fsp3) is 0.200. The van der Waals surface area contributed by atoms with E-state index in [1.165, 1.54) is 46.8 Å². The molecule has 1 unspecified atom stereocenters. The van der Waals surface area contributed by atoms with Gasteiger partial charge in [0, 0.05) is 6.20 Å². The van der Waals surface area contributed by atoms with Crippen LogP contribution in [0.4, 0.5) is 4.39 Å². The Morgan fingerprint density at radius 2 is 1.87 bits per heavy atom. The molecule has 3 rings (SSSR count). The van der Waals surface area contributed by atoms with Gasteiger partial charge in [0.15, 0.2) is 0 Å². The van der Waals surface area contributed by atoms with Crippen LogP contribution in [-0.4, -0.2) is 34.6 Å². The lowest BCUT2D eigenvalue weighted by Gasteiger charge is -2.29. The summed E-state index contributed by atoms with van der Waals surface area (Å²) in [7, 11) is 0. The van der Waals surface area contributed by atoms with Gasteiger partial charge in [0.2, 0.25) is 0 Å². The number of aliphatic hydroxyl groups is 1. The highest BCUT2D eigenvalue weighted by Crippen LogP contribution is 2.31. The van der Waals surface area contributed by atoms with Gasteiger partial charge in [0.1, 0.15) is 36.7 Å². The third kappa shape index (κ3) is 3.16. The summed E-state index contributed by atoms with van der Waals surface area (Å²) >= 11 is 0. The Bertz CT molecular complexity index is 782. The smallest absolute Gasteiger partial charge is 0.138 e. The second-order valence-corrected chi connectivity index (χ2v) is 5.15. The van der Waals surface area contributed by atoms with Crippen LogP contribution in [0.3, 0.4) is 0 Å². The van der Waals surface area contributed by atoms with Gasteiger partial charge in [-0.05, 0) is 30.2 Å². The zero-order chi connectivity index (χ0) is 16.3. The van der Waals surface area contributed by atoms with E-state index >= 15 is 0 Å². The van der Waals surface area contributed by atoms with Crippen LogP contribution in [0.2, 0.25) is 0 Å². The highest BCUT2D eigenvalue weighted by atomic mass is 19.1. The van der Waals surface area contributed by atoms with Crippen LogP contribution in [0.1, 0.15) is 12.5 Å². The zero-order valence-electron chi connectivity index (χ0n) is 12.4. The van der Waals surface area contributed by atoms with E-state index < -0.39 is 5.60 Å². The highest BCUT2D eigenvalue weighted by molar-refractivity contribution is 5.40. The molecule has 118 valence electrons. The molecule has 8 heteroatoms. The Hall–Kier alpha value is -2.87. The molecule has 2 aromatic heterocycles. The molecule has 1 atom stereocenters. The van der Waals surface area contributed by atoms with Gasteiger partial charge in [-0.1, -0.05) is 12.1 Å². The molecule has 0 spiro atoms. The molecule has 0 aliphatic carbocycles. The Morgan fingerprint density at radius 3 is 2.48 bits per heavy atom. The molecule has 0 saturated heterocycles. The van der Waals surface area contributed by atoms with E-state index in [0.717, 1.165) is 0 Å². The second-order valence-electron chi connectivity index (χ2n) is 5.15. The maximum Gasteiger partial charge on any atom is 0.138 e. The summed E-state index contributed by atoms with van der Waals surface area (Å²) in [4.78, 5) is 7.75. The number of aromatic nitrogens is 6. The van der Waals surface area contributed by atoms with Crippen molar-refractivity contribution in [3.8, 4) is 0 Å². The van der Waals surface area contributed by atoms with Crippen LogP contribution in [0.25, 0.3) is 6.20 Å². The number of hydrogen-bond acceptors (Lipinski definition) is 5. The monoisotopic (exact) mass is 314 g/mol. The first-order chi connectivity index (χ1) is 11.1. The van der Waals surface area contributed by atoms with Crippen LogP contribution in [0.15, 0.2) is 55.1 Å². The van der Waals surface area contributed by atoms with Crippen molar-refractivity contribution < 1.29 is 9.50 Å². The molecule has 0 radical (unpaired) electrons. The maximum atomic E-state index is 13.2. The van der Waals surface area contributed by atoms with Crippen LogP contribution < -0.4 is 0 Å². The largest absolute Gasteiger partial charge is 0.379 e. The number of halogens is 1. The molecule has 0 saturated carbocycles. The van der Waals surface area contributed by atoms with E-state index in [1.54, 1.807) is 25.3 Å². The first-order valence-corrected chi connectivity index (χ1v) is 6.92. The van der Waals surface area contributed by atoms with E-state index in [9.17, 15) is 9.50 Å². The molecule has 1 aromatic carbocycles. The van der Waals surface area contributed by atoms with Crippen molar-refractivity contribution in [2.45, 2.75) is 19.1 Å². The van der Waals surface area contributed by atoms with Gasteiger partial charge in [-0.2, -0.15) is 10.2 Å². The van der Waals surface area contributed by atoms with Crippen molar-refractivity contribution in [1.82, 2.24) is 29.5 Å². The molecule has 23 heavy (non-hydrogen) atoms. The maximum absolute atomic E-state index is 13.2. The van der Waals surface area contributed by atoms with Gasteiger partial charge in [-0.15, -0.1) is 0 Å². The van der Waals surface area contributed by atoms with Crippen molar-refractivity contribution in [3.63, 3.8) is 0 Å². The van der Waals surface area contributed by atoms with Crippen LogP contribution in [0, 0.1) is 5.82 Å². The average Bonchev–Trinajstić information content (AvgIpc) is 3.21. The Labute approximate surface area is 131 Å². The summed E-state index contributed by atoms with van der Waals surface area (Å²) in [5.41, 5.74) is -0.249. The summed E-state index contributed by atoms with van der Waals surface area (Å²) in [5.74, 6) is -0.366. The first kappa shape index (κ1) is 15.0. The van der Waals surface area contributed by atoms with Gasteiger partial charge in [-0.25, -0.2) is 23.7 Å². The number of benzene rings is 1. The predicted octanol–water partition coefficient (Wildman–Crippen LogP) is 1.46. The molecule has 1 N–H and O–H groups in total. The van der Waals surface area contributed by atoms with E-state index in [-0.39, 0.29) is 12.4 Å². The van der Waals surface area contributed by atoms with E-state index in [0.29, 0.717) is 11.1 Å². The SMILES string of the molecule is CC(=Cn1cncn1)C(O)(Cn1cncn1)c1ccc(F)cc1. The molecule has 0 amide bonds. The summed E-state index contributed by atoms with van der Waals surface area (Å²) in [5, 5.41) is 19.3. The van der Waals surface area contributed by atoms with Gasteiger partial charge < -0.3 is 5.11 Å². The molecule has 0 aliphatic rings. The summed E-state index contributed by atoms with van der Waals surface area (Å²) in [6, 6.07) is 5.71. The Morgan fingerprint density at radius 1 is 1.17 bits per heavy atom. The minimum absolute atomic E-state index is 0.135. The molecule has 3 aromatic rings. The van der Waals surface area contributed by atoms with Crippen LogP contribution >= 0.6 is 0 Å². The molecule has 0 fully saturated rings. The molecule has 7 nitrogen and oxygen atoms in total. The third-order valence-corrected chi connectivity index (χ3v) is 3.59. The summed E-state index contributed by atoms with van der Waals surface area (Å²) in [6.07, 6.45) is 7.48. The Balaban J connectivity index is 2.03. The van der Waals surface area contributed by atoms with E-state index in [2.05, 4.69) is 20.2 Å². The second kappa shape index (κ2) is 6.09. The van der Waals surface area contributed by atoms with Gasteiger partial charge in [0.25, 0.3) is 0 Å². The van der Waals surface area contributed by atoms with Crippen molar-refractivity contribution >= 4 is 6.20 Å². The lowest BCUT2D eigenvalue weighted by Crippen LogP contribution is -2.33. The van der Waals surface area contributed by atoms with Gasteiger partial charge in [-0.3, -0.25) is 0 Å². The summed E-state index contributed by atoms with van der Waals surface area (Å²) < 4.78 is 16.2. The quantitative estimate of drug-likeness (QED) is 0.771. The van der Waals surface area contributed by atoms with Gasteiger partial charge in [0.05, 0.1) is 6.54 Å². The number of hydrogen-bond donors (Lipinski definition) is 1. The first-order valence-electron chi connectivity index (χ1n) is 6.92. The third-order valence-electron chi connectivity index (χ3n) is 3.59. The molecule has 2 heterocycles. The van der Waals surface area contributed by atoms with Crippen molar-refractivity contribution in [1.29, 1.82) is 0 Å².